The van der Waals surface area contributed by atoms with E-state index in [-0.39, 0.29) is 27.8 Å². The second-order valence-electron chi connectivity index (χ2n) is 6.11. The highest BCUT2D eigenvalue weighted by Crippen LogP contribution is 2.24. The normalized spacial score (nSPS) is 16.0. The number of aromatic nitrogens is 1. The quantitative estimate of drug-likeness (QED) is 0.742. The van der Waals surface area contributed by atoms with Crippen molar-refractivity contribution in [1.29, 1.82) is 0 Å². The van der Waals surface area contributed by atoms with Gasteiger partial charge < -0.3 is 14.8 Å². The molecular formula is C19H21Cl2N3O3. The maximum absolute atomic E-state index is 12.6. The maximum Gasteiger partial charge on any atom is 0.271 e. The lowest BCUT2D eigenvalue weighted by Gasteiger charge is -2.35. The summed E-state index contributed by atoms with van der Waals surface area (Å²) in [5.74, 6) is 0.438. The zero-order valence-corrected chi connectivity index (χ0v) is 16.5. The van der Waals surface area contributed by atoms with Gasteiger partial charge in [-0.05, 0) is 29.8 Å². The molecule has 0 saturated carbocycles. The molecule has 1 amide bonds. The molecule has 0 spiro atoms. The van der Waals surface area contributed by atoms with Gasteiger partial charge >= 0.3 is 0 Å². The average molecular weight is 410 g/mol. The average Bonchev–Trinajstić information content (AvgIpc) is 2.71. The summed E-state index contributed by atoms with van der Waals surface area (Å²) >= 11 is 12.0. The molecule has 144 valence electrons. The highest BCUT2D eigenvalue weighted by molar-refractivity contribution is 6.34. The number of carbonyl (C=O) groups is 1. The Morgan fingerprint density at radius 2 is 1.93 bits per heavy atom. The molecule has 1 unspecified atom stereocenters. The molecule has 1 fully saturated rings. The van der Waals surface area contributed by atoms with E-state index in [2.05, 4.69) is 15.2 Å². The third-order valence-electron chi connectivity index (χ3n) is 4.47. The molecule has 2 aromatic rings. The van der Waals surface area contributed by atoms with E-state index in [4.69, 9.17) is 32.7 Å². The molecule has 1 N–H and O–H groups in total. The second kappa shape index (κ2) is 9.37. The zero-order chi connectivity index (χ0) is 19.2. The SMILES string of the molecule is COc1ccc(C(CNC(=O)c2nc(Cl)ccc2Cl)N2CCOCC2)cc1. The van der Waals surface area contributed by atoms with E-state index in [0.29, 0.717) is 19.8 Å². The van der Waals surface area contributed by atoms with Crippen LogP contribution in [0.4, 0.5) is 0 Å². The Labute approximate surface area is 168 Å². The van der Waals surface area contributed by atoms with Crippen molar-refractivity contribution >= 4 is 29.1 Å². The molecule has 2 heterocycles. The van der Waals surface area contributed by atoms with E-state index in [0.717, 1.165) is 24.4 Å². The molecule has 27 heavy (non-hydrogen) atoms. The lowest BCUT2D eigenvalue weighted by molar-refractivity contribution is 0.0162. The molecule has 8 heteroatoms. The number of hydrogen-bond donors (Lipinski definition) is 1. The van der Waals surface area contributed by atoms with Gasteiger partial charge in [0.15, 0.2) is 0 Å². The van der Waals surface area contributed by atoms with Crippen molar-refractivity contribution in [2.45, 2.75) is 6.04 Å². The molecular weight excluding hydrogens is 389 g/mol. The molecule has 1 atom stereocenters. The third-order valence-corrected chi connectivity index (χ3v) is 4.99. The number of carbonyl (C=O) groups excluding carboxylic acids is 1. The summed E-state index contributed by atoms with van der Waals surface area (Å²) < 4.78 is 10.7. The summed E-state index contributed by atoms with van der Waals surface area (Å²) in [7, 11) is 1.64. The molecule has 1 aromatic heterocycles. The fourth-order valence-electron chi connectivity index (χ4n) is 3.02. The Morgan fingerprint density at radius 3 is 2.59 bits per heavy atom. The van der Waals surface area contributed by atoms with Gasteiger partial charge in [0.25, 0.3) is 5.91 Å². The van der Waals surface area contributed by atoms with Crippen LogP contribution in [0, 0.1) is 0 Å². The Bertz CT molecular complexity index is 780. The van der Waals surface area contributed by atoms with E-state index in [1.54, 1.807) is 19.2 Å². The largest absolute Gasteiger partial charge is 0.497 e. The van der Waals surface area contributed by atoms with Gasteiger partial charge in [-0.2, -0.15) is 0 Å². The number of benzene rings is 1. The fourth-order valence-corrected chi connectivity index (χ4v) is 3.36. The van der Waals surface area contributed by atoms with Gasteiger partial charge in [0, 0.05) is 19.6 Å². The van der Waals surface area contributed by atoms with Crippen LogP contribution in [-0.4, -0.2) is 55.7 Å². The summed E-state index contributed by atoms with van der Waals surface area (Å²) in [6.45, 7) is 3.34. The Hall–Kier alpha value is -1.86. The zero-order valence-electron chi connectivity index (χ0n) is 15.0. The fraction of sp³-hybridized carbons (Fsp3) is 0.368. The predicted molar refractivity (Wildman–Crippen MR) is 105 cm³/mol. The van der Waals surface area contributed by atoms with Gasteiger partial charge in [0.05, 0.1) is 31.4 Å². The van der Waals surface area contributed by atoms with Crippen molar-refractivity contribution in [1.82, 2.24) is 15.2 Å². The minimum Gasteiger partial charge on any atom is -0.497 e. The van der Waals surface area contributed by atoms with Gasteiger partial charge in [0.2, 0.25) is 0 Å². The standard InChI is InChI=1S/C19H21Cl2N3O3/c1-26-14-4-2-13(3-5-14)16(24-8-10-27-11-9-24)12-22-19(25)18-15(20)6-7-17(21)23-18/h2-7,16H,8-12H2,1H3,(H,22,25). The van der Waals surface area contributed by atoms with Gasteiger partial charge in [0.1, 0.15) is 16.6 Å². The first-order valence-corrected chi connectivity index (χ1v) is 9.40. The van der Waals surface area contributed by atoms with Crippen molar-refractivity contribution in [2.75, 3.05) is 40.0 Å². The van der Waals surface area contributed by atoms with Crippen LogP contribution in [-0.2, 0) is 4.74 Å². The van der Waals surface area contributed by atoms with Crippen molar-refractivity contribution in [3.63, 3.8) is 0 Å². The van der Waals surface area contributed by atoms with Crippen molar-refractivity contribution < 1.29 is 14.3 Å². The third kappa shape index (κ3) is 5.11. The van der Waals surface area contributed by atoms with E-state index >= 15 is 0 Å². The first-order chi connectivity index (χ1) is 13.1. The molecule has 0 radical (unpaired) electrons. The lowest BCUT2D eigenvalue weighted by atomic mass is 10.0. The summed E-state index contributed by atoms with van der Waals surface area (Å²) in [6, 6.07) is 11.0. The molecule has 0 aliphatic carbocycles. The molecule has 1 aliphatic rings. The smallest absolute Gasteiger partial charge is 0.271 e. The highest BCUT2D eigenvalue weighted by Gasteiger charge is 2.24. The maximum atomic E-state index is 12.6. The molecule has 3 rings (SSSR count). The summed E-state index contributed by atoms with van der Waals surface area (Å²) in [5, 5.41) is 3.43. The number of halogens is 2. The number of amides is 1. The van der Waals surface area contributed by atoms with Crippen molar-refractivity contribution in [3.8, 4) is 5.75 Å². The number of nitrogens with one attached hydrogen (secondary N) is 1. The van der Waals surface area contributed by atoms with Crippen LogP contribution in [0.2, 0.25) is 10.2 Å². The van der Waals surface area contributed by atoms with E-state index in [9.17, 15) is 4.79 Å². The van der Waals surface area contributed by atoms with Crippen LogP contribution < -0.4 is 10.1 Å². The van der Waals surface area contributed by atoms with Gasteiger partial charge in [-0.15, -0.1) is 0 Å². The van der Waals surface area contributed by atoms with Crippen LogP contribution in [0.5, 0.6) is 5.75 Å². The van der Waals surface area contributed by atoms with Crippen molar-refractivity contribution in [2.24, 2.45) is 0 Å². The Kier molecular flexibility index (Phi) is 6.90. The Balaban J connectivity index is 1.76. The van der Waals surface area contributed by atoms with Crippen LogP contribution in [0.25, 0.3) is 0 Å². The monoisotopic (exact) mass is 409 g/mol. The van der Waals surface area contributed by atoms with Gasteiger partial charge in [-0.1, -0.05) is 35.3 Å². The number of nitrogens with zero attached hydrogens (tertiary/aromatic N) is 2. The number of pyridine rings is 1. The number of methoxy groups -OCH3 is 1. The summed E-state index contributed by atoms with van der Waals surface area (Å²) in [4.78, 5) is 18.9. The molecule has 1 aliphatic heterocycles. The van der Waals surface area contributed by atoms with Crippen LogP contribution >= 0.6 is 23.2 Å². The number of morpholine rings is 1. The molecule has 1 aromatic carbocycles. The molecule has 0 bridgehead atoms. The van der Waals surface area contributed by atoms with Gasteiger partial charge in [-0.25, -0.2) is 4.98 Å². The minimum atomic E-state index is -0.353. The summed E-state index contributed by atoms with van der Waals surface area (Å²) in [6.07, 6.45) is 0. The van der Waals surface area contributed by atoms with E-state index in [1.807, 2.05) is 24.3 Å². The van der Waals surface area contributed by atoms with E-state index in [1.165, 1.54) is 0 Å². The first kappa shape index (κ1) is 19.9. The van der Waals surface area contributed by atoms with Crippen molar-refractivity contribution in [3.05, 3.63) is 57.8 Å². The van der Waals surface area contributed by atoms with Crippen LogP contribution in [0.3, 0.4) is 0 Å². The number of hydrogen-bond acceptors (Lipinski definition) is 5. The van der Waals surface area contributed by atoms with E-state index < -0.39 is 0 Å². The molecule has 1 saturated heterocycles. The highest BCUT2D eigenvalue weighted by atomic mass is 35.5. The second-order valence-corrected chi connectivity index (χ2v) is 6.91. The van der Waals surface area contributed by atoms with Crippen LogP contribution in [0.15, 0.2) is 36.4 Å². The predicted octanol–water partition coefficient (Wildman–Crippen LogP) is 3.20. The lowest BCUT2D eigenvalue weighted by Crippen LogP contribution is -2.44. The summed E-state index contributed by atoms with van der Waals surface area (Å²) in [5.41, 5.74) is 1.21. The van der Waals surface area contributed by atoms with Crippen LogP contribution in [0.1, 0.15) is 22.1 Å². The first-order valence-electron chi connectivity index (χ1n) is 8.64. The minimum absolute atomic E-state index is 0.00159. The molecule has 6 nitrogen and oxygen atoms in total. The number of ether oxygens (including phenoxy) is 2. The van der Waals surface area contributed by atoms with Gasteiger partial charge in [-0.3, -0.25) is 9.69 Å². The topological polar surface area (TPSA) is 63.7 Å². The number of rotatable bonds is 6. The Morgan fingerprint density at radius 1 is 1.22 bits per heavy atom.